The van der Waals surface area contributed by atoms with Gasteiger partial charge in [-0.05, 0) is 47.4 Å². The Bertz CT molecular complexity index is 1400. The summed E-state index contributed by atoms with van der Waals surface area (Å²) in [4.78, 5) is 38.9. The molecular weight excluding hydrogens is 603 g/mol. The van der Waals surface area contributed by atoms with E-state index in [9.17, 15) is 22.8 Å². The number of carboxylic acids is 1. The van der Waals surface area contributed by atoms with Crippen molar-refractivity contribution in [3.63, 3.8) is 0 Å². The molecule has 0 saturated carbocycles. The molecule has 0 aliphatic heterocycles. The first-order valence-electron chi connectivity index (χ1n) is 14.7. The van der Waals surface area contributed by atoms with Gasteiger partial charge in [-0.2, -0.15) is 13.2 Å². The predicted octanol–water partition coefficient (Wildman–Crippen LogP) is 5.64. The van der Waals surface area contributed by atoms with Crippen LogP contribution in [0.4, 0.5) is 18.9 Å². The number of guanidine groups is 1. The third-order valence-electron chi connectivity index (χ3n) is 6.44. The van der Waals surface area contributed by atoms with E-state index in [0.29, 0.717) is 36.6 Å². The van der Waals surface area contributed by atoms with Gasteiger partial charge in [-0.25, -0.2) is 9.79 Å². The van der Waals surface area contributed by atoms with Crippen molar-refractivity contribution in [1.29, 1.82) is 0 Å². The molecule has 0 fully saturated rings. The van der Waals surface area contributed by atoms with Crippen LogP contribution in [-0.4, -0.2) is 35.0 Å². The van der Waals surface area contributed by atoms with Crippen molar-refractivity contribution in [2.45, 2.75) is 70.8 Å². The van der Waals surface area contributed by atoms with Gasteiger partial charge >= 0.3 is 12.1 Å². The largest absolute Gasteiger partial charge is 0.490 e. The normalized spacial score (nSPS) is 11.3. The van der Waals surface area contributed by atoms with Crippen LogP contribution in [0.15, 0.2) is 83.9 Å². The number of amides is 2. The van der Waals surface area contributed by atoms with E-state index in [2.05, 4.69) is 22.5 Å². The molecule has 0 heterocycles. The van der Waals surface area contributed by atoms with Gasteiger partial charge in [-0.3, -0.25) is 9.59 Å². The van der Waals surface area contributed by atoms with Gasteiger partial charge < -0.3 is 31.9 Å². The number of nitrogens with zero attached hydrogens (tertiary/aromatic N) is 1. The highest BCUT2D eigenvalue weighted by atomic mass is 19.4. The van der Waals surface area contributed by atoms with E-state index in [1.165, 1.54) is 0 Å². The van der Waals surface area contributed by atoms with Crippen LogP contribution in [-0.2, 0) is 27.5 Å². The zero-order valence-corrected chi connectivity index (χ0v) is 25.6. The summed E-state index contributed by atoms with van der Waals surface area (Å²) in [6.07, 6.45) is 0.531. The molecule has 7 N–H and O–H groups in total. The Kier molecular flexibility index (Phi) is 15.6. The average molecular weight is 644 g/mol. The Balaban J connectivity index is 0.000000942. The smallest absolute Gasteiger partial charge is 0.489 e. The van der Waals surface area contributed by atoms with Gasteiger partial charge in [0.2, 0.25) is 11.8 Å². The lowest BCUT2D eigenvalue weighted by atomic mass is 10.0. The van der Waals surface area contributed by atoms with Gasteiger partial charge in [0.1, 0.15) is 18.4 Å². The number of carboxylic acid groups (broad SMARTS) is 1. The fourth-order valence-corrected chi connectivity index (χ4v) is 4.05. The highest BCUT2D eigenvalue weighted by molar-refractivity contribution is 5.88. The number of alkyl halides is 3. The molecule has 1 atom stereocenters. The van der Waals surface area contributed by atoms with Crippen molar-refractivity contribution in [3.8, 4) is 5.75 Å². The molecule has 0 aromatic heterocycles. The standard InChI is InChI=1S/C31H39N5O3.C2HF3O2/c1-2-3-4-5-9-12-28(37)36-29(30(38)34-21-23-13-17-26(18-14-23)35-31(32)33)25-15-19-27(20-16-25)39-22-24-10-7-6-8-11-24;3-2(4,5)1(6)7/h6-8,10-11,13-20,29H,2-5,9,12,21-22H2,1H3,(H,34,38)(H,36,37)(H4,32,33,35);(H,6,7)/t29-;/m0./s1. The maximum Gasteiger partial charge on any atom is 0.490 e. The molecule has 248 valence electrons. The number of nitrogens with two attached hydrogens (primary N) is 2. The van der Waals surface area contributed by atoms with Crippen LogP contribution in [0.2, 0.25) is 0 Å². The fourth-order valence-electron chi connectivity index (χ4n) is 4.05. The van der Waals surface area contributed by atoms with E-state index in [1.807, 2.05) is 66.7 Å². The van der Waals surface area contributed by atoms with Crippen LogP contribution in [0, 0.1) is 0 Å². The monoisotopic (exact) mass is 643 g/mol. The van der Waals surface area contributed by atoms with Crippen LogP contribution >= 0.6 is 0 Å². The van der Waals surface area contributed by atoms with E-state index in [4.69, 9.17) is 26.1 Å². The molecular formula is C33H40F3N5O5. The third kappa shape index (κ3) is 14.6. The highest BCUT2D eigenvalue weighted by Crippen LogP contribution is 2.21. The number of unbranched alkanes of at least 4 members (excludes halogenated alkanes) is 4. The van der Waals surface area contributed by atoms with Crippen molar-refractivity contribution in [3.05, 3.63) is 95.6 Å². The van der Waals surface area contributed by atoms with Crippen molar-refractivity contribution in [2.24, 2.45) is 16.5 Å². The molecule has 46 heavy (non-hydrogen) atoms. The lowest BCUT2D eigenvalue weighted by molar-refractivity contribution is -0.192. The zero-order valence-electron chi connectivity index (χ0n) is 25.6. The molecule has 3 aromatic rings. The predicted molar refractivity (Wildman–Crippen MR) is 169 cm³/mol. The van der Waals surface area contributed by atoms with Gasteiger partial charge in [-0.15, -0.1) is 0 Å². The molecule has 0 unspecified atom stereocenters. The Labute approximate surface area is 266 Å². The molecule has 0 radical (unpaired) electrons. The Morgan fingerprint density at radius 1 is 0.870 bits per heavy atom. The van der Waals surface area contributed by atoms with Crippen LogP contribution in [0.25, 0.3) is 0 Å². The van der Waals surface area contributed by atoms with Crippen LogP contribution in [0.1, 0.15) is 68.2 Å². The molecule has 0 aliphatic carbocycles. The zero-order chi connectivity index (χ0) is 34.0. The van der Waals surface area contributed by atoms with Crippen LogP contribution < -0.4 is 26.8 Å². The van der Waals surface area contributed by atoms with Crippen LogP contribution in [0.5, 0.6) is 5.75 Å². The minimum atomic E-state index is -5.08. The molecule has 10 nitrogen and oxygen atoms in total. The van der Waals surface area contributed by atoms with Crippen molar-refractivity contribution < 1.29 is 37.4 Å². The average Bonchev–Trinajstić information content (AvgIpc) is 3.02. The number of carbonyl (C=O) groups is 3. The number of nitrogens with one attached hydrogen (secondary N) is 2. The van der Waals surface area contributed by atoms with Crippen molar-refractivity contribution >= 4 is 29.4 Å². The third-order valence-corrected chi connectivity index (χ3v) is 6.44. The SMILES string of the molecule is CCCCCCCC(=O)N[C@H](C(=O)NCc1ccc(N=C(N)N)cc1)c1ccc(OCc2ccccc2)cc1.O=C(O)C(F)(F)F. The number of aliphatic carboxylic acids is 1. The van der Waals surface area contributed by atoms with E-state index >= 15 is 0 Å². The maximum absolute atomic E-state index is 13.3. The number of hydrogen-bond acceptors (Lipinski definition) is 5. The molecule has 3 rings (SSSR count). The highest BCUT2D eigenvalue weighted by Gasteiger charge is 2.38. The molecule has 0 saturated heterocycles. The Hall–Kier alpha value is -5.07. The van der Waals surface area contributed by atoms with E-state index < -0.39 is 18.2 Å². The second-order valence-corrected chi connectivity index (χ2v) is 10.2. The number of rotatable bonds is 15. The van der Waals surface area contributed by atoms with Gasteiger partial charge in [0.05, 0.1) is 5.69 Å². The molecule has 3 aromatic carbocycles. The summed E-state index contributed by atoms with van der Waals surface area (Å²) in [7, 11) is 0. The summed E-state index contributed by atoms with van der Waals surface area (Å²) in [6.45, 7) is 2.90. The second-order valence-electron chi connectivity index (χ2n) is 10.2. The Morgan fingerprint density at radius 3 is 2.04 bits per heavy atom. The quantitative estimate of drug-likeness (QED) is 0.0811. The maximum atomic E-state index is 13.3. The minimum absolute atomic E-state index is 0.0171. The minimum Gasteiger partial charge on any atom is -0.489 e. The number of carbonyl (C=O) groups excluding carboxylic acids is 2. The number of halogens is 3. The van der Waals surface area contributed by atoms with Gasteiger partial charge in [-0.1, -0.05) is 87.2 Å². The molecule has 0 aliphatic rings. The van der Waals surface area contributed by atoms with Gasteiger partial charge in [0.25, 0.3) is 0 Å². The molecule has 0 bridgehead atoms. The summed E-state index contributed by atoms with van der Waals surface area (Å²) in [5.74, 6) is -2.52. The summed E-state index contributed by atoms with van der Waals surface area (Å²) in [5.41, 5.74) is 14.1. The van der Waals surface area contributed by atoms with Crippen molar-refractivity contribution in [2.75, 3.05) is 0 Å². The lowest BCUT2D eigenvalue weighted by Crippen LogP contribution is -2.40. The first-order chi connectivity index (χ1) is 21.9. The Morgan fingerprint density at radius 2 is 1.48 bits per heavy atom. The number of aliphatic imine (C=N–C) groups is 1. The molecule has 13 heteroatoms. The summed E-state index contributed by atoms with van der Waals surface area (Å²) < 4.78 is 37.6. The number of hydrogen-bond donors (Lipinski definition) is 5. The summed E-state index contributed by atoms with van der Waals surface area (Å²) in [6, 6.07) is 23.6. The first-order valence-corrected chi connectivity index (χ1v) is 14.7. The fraction of sp³-hybridized carbons (Fsp3) is 0.333. The molecule has 2 amide bonds. The molecule has 0 spiro atoms. The number of ether oxygens (including phenoxy) is 1. The van der Waals surface area contributed by atoms with E-state index in [-0.39, 0.29) is 17.8 Å². The summed E-state index contributed by atoms with van der Waals surface area (Å²) in [5, 5.41) is 13.0. The van der Waals surface area contributed by atoms with Gasteiger partial charge in [0, 0.05) is 13.0 Å². The van der Waals surface area contributed by atoms with E-state index in [1.54, 1.807) is 12.1 Å². The van der Waals surface area contributed by atoms with Crippen LogP contribution in [0.3, 0.4) is 0 Å². The van der Waals surface area contributed by atoms with Gasteiger partial charge in [0.15, 0.2) is 5.96 Å². The first kappa shape index (κ1) is 37.1. The lowest BCUT2D eigenvalue weighted by Gasteiger charge is -2.20. The number of benzene rings is 3. The van der Waals surface area contributed by atoms with Crippen molar-refractivity contribution in [1.82, 2.24) is 10.6 Å². The topological polar surface area (TPSA) is 169 Å². The second kappa shape index (κ2) is 19.3. The van der Waals surface area contributed by atoms with E-state index in [0.717, 1.165) is 43.2 Å². The summed E-state index contributed by atoms with van der Waals surface area (Å²) >= 11 is 0.